The van der Waals surface area contributed by atoms with E-state index in [1.807, 2.05) is 12.4 Å². The van der Waals surface area contributed by atoms with Crippen molar-refractivity contribution >= 4 is 60.3 Å². The minimum Gasteiger partial charge on any atom is -0.294 e. The molecule has 0 aliphatic carbocycles. The van der Waals surface area contributed by atoms with Crippen molar-refractivity contribution in [1.82, 2.24) is 19.2 Å². The topological polar surface area (TPSA) is 35.1 Å². The van der Waals surface area contributed by atoms with Crippen LogP contribution in [0, 0.1) is 6.92 Å². The highest BCUT2D eigenvalue weighted by atomic mass is 32.1. The average Bonchev–Trinajstić information content (AvgIpc) is 3.63. The van der Waals surface area contributed by atoms with E-state index >= 15 is 0 Å². The van der Waals surface area contributed by atoms with E-state index in [0.717, 1.165) is 39.0 Å². The van der Waals surface area contributed by atoms with Gasteiger partial charge in [0.15, 0.2) is 0 Å². The fourth-order valence-corrected chi connectivity index (χ4v) is 6.52. The molecular formula is C31H20N4S. The number of hydrogen-bond donors (Lipinski definition) is 0. The number of aryl methyl sites for hydroxylation is 1. The molecular weight excluding hydrogens is 460 g/mol. The van der Waals surface area contributed by atoms with E-state index in [4.69, 9.17) is 10.1 Å². The maximum absolute atomic E-state index is 4.96. The smallest absolute Gasteiger partial charge is 0.137 e. The maximum Gasteiger partial charge on any atom is 0.137 e. The van der Waals surface area contributed by atoms with Crippen molar-refractivity contribution in [3.05, 3.63) is 108 Å². The van der Waals surface area contributed by atoms with Gasteiger partial charge in [-0.1, -0.05) is 60.7 Å². The van der Waals surface area contributed by atoms with E-state index in [0.29, 0.717) is 0 Å². The first kappa shape index (κ1) is 19.8. The first-order valence-electron chi connectivity index (χ1n) is 12.0. The molecule has 0 atom stereocenters. The third kappa shape index (κ3) is 2.58. The molecule has 0 radical (unpaired) electrons. The molecule has 0 unspecified atom stereocenters. The number of benzene rings is 3. The maximum atomic E-state index is 4.96. The molecule has 0 saturated heterocycles. The number of nitrogens with zero attached hydrogens (tertiary/aromatic N) is 4. The van der Waals surface area contributed by atoms with Gasteiger partial charge in [0.05, 0.1) is 28.3 Å². The molecule has 5 heterocycles. The second-order valence-electron chi connectivity index (χ2n) is 9.19. The molecule has 0 N–H and O–H groups in total. The third-order valence-corrected chi connectivity index (χ3v) is 8.17. The Hall–Kier alpha value is -4.48. The summed E-state index contributed by atoms with van der Waals surface area (Å²) < 4.78 is 4.34. The van der Waals surface area contributed by atoms with Crippen molar-refractivity contribution < 1.29 is 0 Å². The Labute approximate surface area is 210 Å². The number of aromatic nitrogens is 4. The van der Waals surface area contributed by atoms with Gasteiger partial charge in [-0.3, -0.25) is 4.57 Å². The number of thiophene rings is 1. The highest BCUT2D eigenvalue weighted by Gasteiger charge is 2.18. The summed E-state index contributed by atoms with van der Waals surface area (Å²) in [6.07, 6.45) is 3.96. The van der Waals surface area contributed by atoms with Gasteiger partial charge < -0.3 is 0 Å². The Balaban J connectivity index is 1.36. The first-order chi connectivity index (χ1) is 17.8. The van der Waals surface area contributed by atoms with Crippen molar-refractivity contribution in [3.8, 4) is 16.9 Å². The summed E-state index contributed by atoms with van der Waals surface area (Å²) in [5.74, 6) is 0.910. The van der Waals surface area contributed by atoms with Gasteiger partial charge in [-0.05, 0) is 36.6 Å². The summed E-state index contributed by atoms with van der Waals surface area (Å²) in [5, 5.41) is 13.3. The molecule has 0 saturated carbocycles. The summed E-state index contributed by atoms with van der Waals surface area (Å²) in [6, 6.07) is 30.0. The van der Waals surface area contributed by atoms with Crippen LogP contribution in [0.4, 0.5) is 0 Å². The van der Waals surface area contributed by atoms with Gasteiger partial charge in [-0.15, -0.1) is 11.3 Å². The van der Waals surface area contributed by atoms with Crippen molar-refractivity contribution in [1.29, 1.82) is 0 Å². The second kappa shape index (κ2) is 7.26. The van der Waals surface area contributed by atoms with Crippen LogP contribution in [0.15, 0.2) is 103 Å². The molecule has 0 spiro atoms. The van der Waals surface area contributed by atoms with Crippen LogP contribution in [-0.4, -0.2) is 19.2 Å². The van der Waals surface area contributed by atoms with Gasteiger partial charge in [-0.25, -0.2) is 9.50 Å². The lowest BCUT2D eigenvalue weighted by Gasteiger charge is -2.09. The average molecular weight is 481 g/mol. The van der Waals surface area contributed by atoms with Crippen molar-refractivity contribution in [2.75, 3.05) is 0 Å². The molecule has 5 aromatic heterocycles. The van der Waals surface area contributed by atoms with Gasteiger partial charge in [0.2, 0.25) is 0 Å². The lowest BCUT2D eigenvalue weighted by atomic mass is 10.0. The highest BCUT2D eigenvalue weighted by Crippen LogP contribution is 2.38. The van der Waals surface area contributed by atoms with E-state index in [2.05, 4.69) is 106 Å². The van der Waals surface area contributed by atoms with E-state index in [1.54, 1.807) is 11.3 Å². The van der Waals surface area contributed by atoms with Crippen molar-refractivity contribution in [2.45, 2.75) is 6.92 Å². The third-order valence-electron chi connectivity index (χ3n) is 7.27. The molecule has 0 fully saturated rings. The Morgan fingerprint density at radius 3 is 2.03 bits per heavy atom. The van der Waals surface area contributed by atoms with Gasteiger partial charge in [-0.2, -0.15) is 5.10 Å². The minimum absolute atomic E-state index is 0.910. The van der Waals surface area contributed by atoms with E-state index in [1.165, 1.54) is 31.8 Å². The van der Waals surface area contributed by atoms with Crippen LogP contribution in [0.2, 0.25) is 0 Å². The predicted molar refractivity (Wildman–Crippen MR) is 150 cm³/mol. The first-order valence-corrected chi connectivity index (χ1v) is 12.9. The number of pyridine rings is 2. The summed E-state index contributed by atoms with van der Waals surface area (Å²) in [4.78, 5) is 6.28. The Morgan fingerprint density at radius 2 is 1.33 bits per heavy atom. The van der Waals surface area contributed by atoms with Gasteiger partial charge in [0.25, 0.3) is 0 Å². The van der Waals surface area contributed by atoms with Crippen LogP contribution in [0.3, 0.4) is 0 Å². The summed E-state index contributed by atoms with van der Waals surface area (Å²) >= 11 is 1.78. The molecule has 5 heteroatoms. The molecule has 8 aromatic rings. The molecule has 8 rings (SSSR count). The van der Waals surface area contributed by atoms with Crippen LogP contribution < -0.4 is 0 Å². The number of fused-ring (bicyclic) bond motifs is 9. The fraction of sp³-hybridized carbons (Fsp3) is 0.0323. The zero-order chi connectivity index (χ0) is 23.8. The standard InChI is InChI=1S/C31H20N4S/c1-19-30-23-10-2-3-11-24(23)31-25(17-33-35(31)28(30)18-36-19)20-14-15-29(32-16-20)34-26-12-6-4-8-21(26)22-9-5-7-13-27(22)34/h2-18H,1H3. The normalized spacial score (nSPS) is 12.0. The van der Waals surface area contributed by atoms with E-state index in [9.17, 15) is 0 Å². The van der Waals surface area contributed by atoms with Crippen LogP contribution in [0.1, 0.15) is 4.88 Å². The molecule has 0 aliphatic heterocycles. The second-order valence-corrected chi connectivity index (χ2v) is 10.3. The summed E-state index contributed by atoms with van der Waals surface area (Å²) in [6.45, 7) is 2.19. The van der Waals surface area contributed by atoms with Gasteiger partial charge in [0, 0.05) is 49.1 Å². The lowest BCUT2D eigenvalue weighted by molar-refractivity contribution is 1.01. The highest BCUT2D eigenvalue weighted by molar-refractivity contribution is 7.11. The number of para-hydroxylation sites is 2. The molecule has 4 nitrogen and oxygen atoms in total. The van der Waals surface area contributed by atoms with Crippen LogP contribution in [0.5, 0.6) is 0 Å². The lowest BCUT2D eigenvalue weighted by Crippen LogP contribution is -1.97. The Morgan fingerprint density at radius 1 is 0.667 bits per heavy atom. The van der Waals surface area contributed by atoms with E-state index in [-0.39, 0.29) is 0 Å². The predicted octanol–water partition coefficient (Wildman–Crippen LogP) is 8.17. The largest absolute Gasteiger partial charge is 0.294 e. The molecule has 170 valence electrons. The Kier molecular flexibility index (Phi) is 3.99. The monoisotopic (exact) mass is 480 g/mol. The number of hydrogen-bond acceptors (Lipinski definition) is 3. The Bertz CT molecular complexity index is 2060. The van der Waals surface area contributed by atoms with Gasteiger partial charge >= 0.3 is 0 Å². The molecule has 36 heavy (non-hydrogen) atoms. The van der Waals surface area contributed by atoms with Crippen molar-refractivity contribution in [2.24, 2.45) is 0 Å². The summed E-state index contributed by atoms with van der Waals surface area (Å²) in [7, 11) is 0. The quantitative estimate of drug-likeness (QED) is 0.250. The van der Waals surface area contributed by atoms with Crippen molar-refractivity contribution in [3.63, 3.8) is 0 Å². The molecule has 0 aliphatic rings. The van der Waals surface area contributed by atoms with E-state index < -0.39 is 0 Å². The molecule has 0 bridgehead atoms. The van der Waals surface area contributed by atoms with Crippen LogP contribution in [0.25, 0.3) is 65.9 Å². The fourth-order valence-electron chi connectivity index (χ4n) is 5.68. The van der Waals surface area contributed by atoms with Crippen LogP contribution >= 0.6 is 11.3 Å². The molecule has 3 aromatic carbocycles. The zero-order valence-corrected chi connectivity index (χ0v) is 20.3. The van der Waals surface area contributed by atoms with Gasteiger partial charge in [0.1, 0.15) is 5.82 Å². The number of rotatable bonds is 2. The zero-order valence-electron chi connectivity index (χ0n) is 19.5. The molecule has 0 amide bonds. The summed E-state index contributed by atoms with van der Waals surface area (Å²) in [5.41, 5.74) is 6.77. The minimum atomic E-state index is 0.910. The SMILES string of the molecule is Cc1scc2c1c1ccccc1c1c(-c3ccc(-n4c5ccccc5c5ccccc54)nc3)cnn21. The van der Waals surface area contributed by atoms with Crippen LogP contribution in [-0.2, 0) is 0 Å².